The molecule has 0 bridgehead atoms. The van der Waals surface area contributed by atoms with Crippen molar-refractivity contribution in [3.63, 3.8) is 0 Å². The van der Waals surface area contributed by atoms with Crippen molar-refractivity contribution in [3.05, 3.63) is 52.0 Å². The molecule has 6 nitrogen and oxygen atoms in total. The zero-order valence-corrected chi connectivity index (χ0v) is 18.0. The molecule has 0 aliphatic carbocycles. The molecule has 1 aliphatic heterocycles. The van der Waals surface area contributed by atoms with Crippen LogP contribution in [0, 0.1) is 0 Å². The quantitative estimate of drug-likeness (QED) is 0.517. The maximum Gasteiger partial charge on any atom is 0.355 e. The molecule has 1 aromatic carbocycles. The van der Waals surface area contributed by atoms with Crippen molar-refractivity contribution >= 4 is 35.0 Å². The van der Waals surface area contributed by atoms with Gasteiger partial charge < -0.3 is 15.1 Å². The van der Waals surface area contributed by atoms with E-state index in [4.69, 9.17) is 5.11 Å². The van der Waals surface area contributed by atoms with Crippen LogP contribution in [0.4, 0.5) is 5.69 Å². The summed E-state index contributed by atoms with van der Waals surface area (Å²) >= 11 is 1.29. The minimum absolute atomic E-state index is 0.0503. The molecule has 1 aliphatic rings. The van der Waals surface area contributed by atoms with Crippen LogP contribution >= 0.6 is 11.3 Å². The maximum atomic E-state index is 12.5. The van der Waals surface area contributed by atoms with Crippen LogP contribution in [-0.4, -0.2) is 33.1 Å². The highest BCUT2D eigenvalue weighted by Gasteiger charge is 2.31. The van der Waals surface area contributed by atoms with Gasteiger partial charge in [-0.2, -0.15) is 0 Å². The summed E-state index contributed by atoms with van der Waals surface area (Å²) in [6, 6.07) is 7.71. The largest absolute Gasteiger partial charge is 0.476 e. The first-order valence-electron chi connectivity index (χ1n) is 10.4. The number of carbonyl (C=O) groups is 2. The van der Waals surface area contributed by atoms with Crippen LogP contribution in [0.5, 0.6) is 0 Å². The van der Waals surface area contributed by atoms with E-state index in [1.807, 2.05) is 41.3 Å². The topological polar surface area (TPSA) is 90.7 Å². The molecule has 7 heteroatoms. The fourth-order valence-corrected chi connectivity index (χ4v) is 4.43. The Kier molecular flexibility index (Phi) is 7.76. The number of carbonyl (C=O) groups excluding carboxylic acids is 1. The van der Waals surface area contributed by atoms with Crippen LogP contribution in [0.2, 0.25) is 0 Å². The van der Waals surface area contributed by atoms with Gasteiger partial charge in [-0.25, -0.2) is 9.78 Å². The van der Waals surface area contributed by atoms with Crippen LogP contribution in [0.1, 0.15) is 79.0 Å². The van der Waals surface area contributed by atoms with Gasteiger partial charge in [0.25, 0.3) is 0 Å². The number of benzene rings is 1. The molecule has 30 heavy (non-hydrogen) atoms. The van der Waals surface area contributed by atoms with Crippen molar-refractivity contribution in [1.82, 2.24) is 4.98 Å². The lowest BCUT2D eigenvalue weighted by molar-refractivity contribution is -0.117. The van der Waals surface area contributed by atoms with E-state index in [2.05, 4.69) is 11.9 Å². The molecule has 2 heterocycles. The number of hydrogen-bond acceptors (Lipinski definition) is 5. The molecule has 1 aromatic heterocycles. The SMILES string of the molecule is CCCCCC(O)c1ccc(N2C(=O)CCC2CC=Cc2nc(C(=O)O)cs2)cc1. The van der Waals surface area contributed by atoms with Gasteiger partial charge in [0.1, 0.15) is 5.01 Å². The van der Waals surface area contributed by atoms with Crippen molar-refractivity contribution in [2.45, 2.75) is 64.0 Å². The van der Waals surface area contributed by atoms with Crippen molar-refractivity contribution in [2.75, 3.05) is 4.90 Å². The van der Waals surface area contributed by atoms with Crippen molar-refractivity contribution < 1.29 is 19.8 Å². The number of rotatable bonds is 10. The second-order valence-electron chi connectivity index (χ2n) is 7.57. The molecule has 2 unspecified atom stereocenters. The zero-order valence-electron chi connectivity index (χ0n) is 17.2. The Hall–Kier alpha value is -2.51. The van der Waals surface area contributed by atoms with Gasteiger partial charge in [0.05, 0.1) is 6.10 Å². The number of aliphatic hydroxyl groups is 1. The minimum Gasteiger partial charge on any atom is -0.476 e. The van der Waals surface area contributed by atoms with Gasteiger partial charge in [0.15, 0.2) is 5.69 Å². The van der Waals surface area contributed by atoms with Gasteiger partial charge in [-0.1, -0.05) is 44.4 Å². The lowest BCUT2D eigenvalue weighted by atomic mass is 10.0. The van der Waals surface area contributed by atoms with Crippen LogP contribution in [-0.2, 0) is 4.79 Å². The van der Waals surface area contributed by atoms with Gasteiger partial charge in [0, 0.05) is 23.5 Å². The van der Waals surface area contributed by atoms with E-state index in [1.54, 1.807) is 0 Å². The molecule has 3 rings (SSSR count). The molecule has 1 amide bonds. The predicted molar refractivity (Wildman–Crippen MR) is 119 cm³/mol. The lowest BCUT2D eigenvalue weighted by Gasteiger charge is -2.24. The number of thiazole rings is 1. The number of amides is 1. The maximum absolute atomic E-state index is 12.5. The summed E-state index contributed by atoms with van der Waals surface area (Å²) in [5, 5.41) is 21.5. The lowest BCUT2D eigenvalue weighted by Crippen LogP contribution is -2.32. The number of anilines is 1. The van der Waals surface area contributed by atoms with Crippen LogP contribution in [0.3, 0.4) is 0 Å². The summed E-state index contributed by atoms with van der Waals surface area (Å²) in [5.74, 6) is -0.926. The average Bonchev–Trinajstić information content (AvgIpc) is 3.35. The molecular weight excluding hydrogens is 400 g/mol. The van der Waals surface area contributed by atoms with Gasteiger partial charge in [-0.15, -0.1) is 11.3 Å². The smallest absolute Gasteiger partial charge is 0.355 e. The van der Waals surface area contributed by atoms with E-state index in [9.17, 15) is 14.7 Å². The predicted octanol–water partition coefficient (Wildman–Crippen LogP) is 5.05. The molecule has 0 saturated carbocycles. The highest BCUT2D eigenvalue weighted by atomic mass is 32.1. The molecule has 0 spiro atoms. The molecule has 0 radical (unpaired) electrons. The number of hydrogen-bond donors (Lipinski definition) is 2. The Morgan fingerprint density at radius 2 is 2.10 bits per heavy atom. The molecular formula is C23H28N2O4S. The standard InChI is InChI=1S/C23H28N2O4S/c1-2-3-4-7-20(26)16-9-11-18(12-10-16)25-17(13-14-22(25)27)6-5-8-21-24-19(15-30-21)23(28)29/h5,8-12,15,17,20,26H,2-4,6-7,13-14H2,1H3,(H,28,29). The third-order valence-corrected chi connectivity index (χ3v) is 6.18. The fraction of sp³-hybridized carbons (Fsp3) is 0.435. The van der Waals surface area contributed by atoms with E-state index >= 15 is 0 Å². The molecule has 160 valence electrons. The van der Waals surface area contributed by atoms with Crippen molar-refractivity contribution in [2.24, 2.45) is 0 Å². The van der Waals surface area contributed by atoms with Crippen LogP contribution in [0.15, 0.2) is 35.7 Å². The average molecular weight is 429 g/mol. The third kappa shape index (κ3) is 5.55. The van der Waals surface area contributed by atoms with Gasteiger partial charge in [0.2, 0.25) is 5.91 Å². The second-order valence-corrected chi connectivity index (χ2v) is 8.46. The summed E-state index contributed by atoms with van der Waals surface area (Å²) in [5.41, 5.74) is 1.79. The summed E-state index contributed by atoms with van der Waals surface area (Å²) in [7, 11) is 0. The summed E-state index contributed by atoms with van der Waals surface area (Å²) < 4.78 is 0. The molecule has 1 fully saturated rings. The first-order valence-corrected chi connectivity index (χ1v) is 11.3. The van der Waals surface area contributed by atoms with Crippen LogP contribution in [0.25, 0.3) is 6.08 Å². The number of carboxylic acids is 1. The molecule has 1 saturated heterocycles. The van der Waals surface area contributed by atoms with E-state index in [0.29, 0.717) is 17.8 Å². The van der Waals surface area contributed by atoms with E-state index in [-0.39, 0.29) is 17.6 Å². The van der Waals surface area contributed by atoms with Crippen molar-refractivity contribution in [3.8, 4) is 0 Å². The molecule has 2 N–H and O–H groups in total. The Bertz CT molecular complexity index is 891. The Labute approximate surface area is 180 Å². The number of aliphatic hydroxyl groups excluding tert-OH is 1. The summed E-state index contributed by atoms with van der Waals surface area (Å²) in [4.78, 5) is 29.3. The number of aromatic carboxylic acids is 1. The summed E-state index contributed by atoms with van der Waals surface area (Å²) in [6.07, 6.45) is 9.27. The second kappa shape index (κ2) is 10.5. The highest BCUT2D eigenvalue weighted by molar-refractivity contribution is 7.10. The Morgan fingerprint density at radius 1 is 1.33 bits per heavy atom. The number of unbranched alkanes of at least 4 members (excludes halogenated alkanes) is 2. The summed E-state index contributed by atoms with van der Waals surface area (Å²) in [6.45, 7) is 2.14. The zero-order chi connectivity index (χ0) is 21.5. The fourth-order valence-electron chi connectivity index (χ4n) is 3.72. The third-order valence-electron chi connectivity index (χ3n) is 5.37. The minimum atomic E-state index is -1.03. The van der Waals surface area contributed by atoms with Crippen molar-refractivity contribution in [1.29, 1.82) is 0 Å². The Balaban J connectivity index is 1.62. The number of aromatic nitrogens is 1. The highest BCUT2D eigenvalue weighted by Crippen LogP contribution is 2.30. The molecule has 2 atom stereocenters. The number of carboxylic acid groups (broad SMARTS) is 1. The van der Waals surface area contributed by atoms with Gasteiger partial charge >= 0.3 is 5.97 Å². The van der Waals surface area contributed by atoms with E-state index < -0.39 is 12.1 Å². The van der Waals surface area contributed by atoms with Crippen LogP contribution < -0.4 is 4.90 Å². The van der Waals surface area contributed by atoms with Gasteiger partial charge in [-0.05, 0) is 43.0 Å². The van der Waals surface area contributed by atoms with Gasteiger partial charge in [-0.3, -0.25) is 4.79 Å². The van der Waals surface area contributed by atoms with E-state index in [1.165, 1.54) is 16.7 Å². The first kappa shape index (κ1) is 22.2. The Morgan fingerprint density at radius 3 is 2.77 bits per heavy atom. The number of nitrogens with zero attached hydrogens (tertiary/aromatic N) is 2. The normalized spacial score (nSPS) is 17.7. The molecule has 2 aromatic rings. The van der Waals surface area contributed by atoms with E-state index in [0.717, 1.165) is 43.4 Å². The first-order chi connectivity index (χ1) is 14.5. The monoisotopic (exact) mass is 428 g/mol.